The first-order valence-electron chi connectivity index (χ1n) is 13.9. The van der Waals surface area contributed by atoms with Crippen molar-refractivity contribution in [3.05, 3.63) is 59.7 Å². The lowest BCUT2D eigenvalue weighted by Gasteiger charge is -2.27. The van der Waals surface area contributed by atoms with Gasteiger partial charge in [0.05, 0.1) is 53.9 Å². The number of rotatable bonds is 17. The molecule has 0 unspecified atom stereocenters. The van der Waals surface area contributed by atoms with Gasteiger partial charge in [-0.3, -0.25) is 4.79 Å². The Balaban J connectivity index is 1.21. The van der Waals surface area contributed by atoms with E-state index in [1.807, 2.05) is 36.4 Å². The molecule has 42 heavy (non-hydrogen) atoms. The summed E-state index contributed by atoms with van der Waals surface area (Å²) in [6.45, 7) is 5.71. The van der Waals surface area contributed by atoms with Crippen LogP contribution in [0.3, 0.4) is 0 Å². The molecule has 1 aliphatic rings. The molecular weight excluding hydrogens is 542 g/mol. The highest BCUT2D eigenvalue weighted by atomic mass is 16.5. The number of para-hydroxylation sites is 1. The van der Waals surface area contributed by atoms with Gasteiger partial charge < -0.3 is 44.5 Å². The van der Waals surface area contributed by atoms with Gasteiger partial charge in [0.2, 0.25) is 17.8 Å². The fourth-order valence-corrected chi connectivity index (χ4v) is 4.18. The summed E-state index contributed by atoms with van der Waals surface area (Å²) >= 11 is 0. The molecule has 0 aliphatic carbocycles. The number of morpholine rings is 1. The van der Waals surface area contributed by atoms with Gasteiger partial charge in [0.15, 0.2) is 11.5 Å². The van der Waals surface area contributed by atoms with Crippen LogP contribution < -0.4 is 30.3 Å². The van der Waals surface area contributed by atoms with Crippen LogP contribution in [0.5, 0.6) is 11.5 Å². The molecule has 2 heterocycles. The predicted octanol–water partition coefficient (Wildman–Crippen LogP) is 2.21. The van der Waals surface area contributed by atoms with Crippen LogP contribution in [-0.4, -0.2) is 101 Å². The van der Waals surface area contributed by atoms with E-state index in [4.69, 9.17) is 23.7 Å². The van der Waals surface area contributed by atoms with Crippen molar-refractivity contribution >= 4 is 23.8 Å². The zero-order valence-electron chi connectivity index (χ0n) is 24.1. The molecule has 3 N–H and O–H groups in total. The molecule has 2 aromatic carbocycles. The number of nitrogens with one attached hydrogen (secondary N) is 3. The monoisotopic (exact) mass is 581 g/mol. The van der Waals surface area contributed by atoms with Crippen molar-refractivity contribution in [2.75, 3.05) is 95.6 Å². The second-order valence-corrected chi connectivity index (χ2v) is 9.16. The molecule has 13 nitrogen and oxygen atoms in total. The molecule has 0 radical (unpaired) electrons. The Bertz CT molecular complexity index is 1240. The van der Waals surface area contributed by atoms with E-state index in [2.05, 4.69) is 35.8 Å². The van der Waals surface area contributed by atoms with Crippen molar-refractivity contribution in [1.29, 1.82) is 0 Å². The fraction of sp³-hybridized carbons (Fsp3) is 0.448. The molecule has 0 bridgehead atoms. The van der Waals surface area contributed by atoms with Crippen LogP contribution in [0.25, 0.3) is 0 Å². The number of anilines is 3. The maximum absolute atomic E-state index is 12.0. The predicted molar refractivity (Wildman–Crippen MR) is 159 cm³/mol. The molecule has 1 saturated heterocycles. The van der Waals surface area contributed by atoms with Crippen molar-refractivity contribution in [2.45, 2.75) is 6.54 Å². The third-order valence-corrected chi connectivity index (χ3v) is 6.31. The van der Waals surface area contributed by atoms with Crippen LogP contribution in [0, 0.1) is 0 Å². The average Bonchev–Trinajstić information content (AvgIpc) is 3.05. The van der Waals surface area contributed by atoms with E-state index in [9.17, 15) is 4.79 Å². The van der Waals surface area contributed by atoms with Crippen LogP contribution >= 0.6 is 0 Å². The molecule has 0 saturated carbocycles. The molecule has 1 aromatic heterocycles. The minimum Gasteiger partial charge on any atom is -0.493 e. The van der Waals surface area contributed by atoms with Gasteiger partial charge in [0.25, 0.3) is 5.91 Å². The second-order valence-electron chi connectivity index (χ2n) is 9.16. The van der Waals surface area contributed by atoms with Crippen molar-refractivity contribution in [3.8, 4) is 11.5 Å². The number of amides is 1. The Kier molecular flexibility index (Phi) is 12.4. The summed E-state index contributed by atoms with van der Waals surface area (Å²) in [5.41, 5.74) is 1.54. The summed E-state index contributed by atoms with van der Waals surface area (Å²) in [5.74, 6) is 2.66. The smallest absolute Gasteiger partial charge is 0.251 e. The van der Waals surface area contributed by atoms with Crippen LogP contribution in [0.1, 0.15) is 15.9 Å². The summed E-state index contributed by atoms with van der Waals surface area (Å²) in [7, 11) is 3.23. The molecule has 0 atom stereocenters. The van der Waals surface area contributed by atoms with E-state index in [1.54, 1.807) is 26.4 Å². The van der Waals surface area contributed by atoms with Gasteiger partial charge in [-0.2, -0.15) is 15.0 Å². The molecule has 13 heteroatoms. The summed E-state index contributed by atoms with van der Waals surface area (Å²) in [6, 6.07) is 14.8. The summed E-state index contributed by atoms with van der Waals surface area (Å²) in [5, 5.41) is 9.34. The number of methoxy groups -OCH3 is 2. The van der Waals surface area contributed by atoms with E-state index >= 15 is 0 Å². The first kappa shape index (κ1) is 30.8. The molecular formula is C29H39N7O6. The Morgan fingerprint density at radius 1 is 0.833 bits per heavy atom. The number of aromatic nitrogens is 3. The molecule has 3 aromatic rings. The number of hydrogen-bond acceptors (Lipinski definition) is 12. The van der Waals surface area contributed by atoms with E-state index in [1.165, 1.54) is 0 Å². The fourth-order valence-electron chi connectivity index (χ4n) is 4.18. The molecule has 0 spiro atoms. The topological polar surface area (TPSA) is 141 Å². The number of hydrogen-bond donors (Lipinski definition) is 3. The lowest BCUT2D eigenvalue weighted by molar-refractivity contribution is 0.0519. The number of carbonyl (C=O) groups excluding carboxylic acids is 1. The Hall–Kier alpha value is -4.20. The van der Waals surface area contributed by atoms with Crippen molar-refractivity contribution in [1.82, 2.24) is 20.3 Å². The highest BCUT2D eigenvalue weighted by molar-refractivity contribution is 5.94. The SMILES string of the molecule is COc1cccc(CNc2nc(NCCOCCOCCNC(=O)c3ccccc3)nc(N3CCOCC3)n2)c1OC. The minimum atomic E-state index is -0.116. The lowest BCUT2D eigenvalue weighted by atomic mass is 10.2. The van der Waals surface area contributed by atoms with Gasteiger partial charge in [-0.15, -0.1) is 0 Å². The van der Waals surface area contributed by atoms with Crippen LogP contribution in [0.15, 0.2) is 48.5 Å². The Morgan fingerprint density at radius 2 is 1.55 bits per heavy atom. The van der Waals surface area contributed by atoms with Crippen molar-refractivity contribution < 1.29 is 28.5 Å². The van der Waals surface area contributed by atoms with Gasteiger partial charge in [-0.25, -0.2) is 0 Å². The van der Waals surface area contributed by atoms with Gasteiger partial charge >= 0.3 is 0 Å². The Labute approximate surface area is 245 Å². The maximum atomic E-state index is 12.0. The molecule has 226 valence electrons. The quantitative estimate of drug-likeness (QED) is 0.201. The largest absolute Gasteiger partial charge is 0.493 e. The van der Waals surface area contributed by atoms with Gasteiger partial charge in [-0.1, -0.05) is 30.3 Å². The third-order valence-electron chi connectivity index (χ3n) is 6.31. The minimum absolute atomic E-state index is 0.116. The van der Waals surface area contributed by atoms with Crippen LogP contribution in [-0.2, 0) is 20.8 Å². The van der Waals surface area contributed by atoms with Crippen LogP contribution in [0.2, 0.25) is 0 Å². The number of carbonyl (C=O) groups is 1. The van der Waals surface area contributed by atoms with Crippen molar-refractivity contribution in [2.24, 2.45) is 0 Å². The molecule has 1 amide bonds. The highest BCUT2D eigenvalue weighted by Gasteiger charge is 2.17. The number of benzene rings is 2. The lowest BCUT2D eigenvalue weighted by Crippen LogP contribution is -2.37. The van der Waals surface area contributed by atoms with Crippen LogP contribution in [0.4, 0.5) is 17.8 Å². The number of nitrogens with zero attached hydrogens (tertiary/aromatic N) is 4. The maximum Gasteiger partial charge on any atom is 0.251 e. The zero-order valence-corrected chi connectivity index (χ0v) is 24.1. The van der Waals surface area contributed by atoms with Gasteiger partial charge in [-0.05, 0) is 18.2 Å². The summed E-state index contributed by atoms with van der Waals surface area (Å²) in [4.78, 5) is 27.9. The van der Waals surface area contributed by atoms with Gasteiger partial charge in [0, 0.05) is 43.9 Å². The van der Waals surface area contributed by atoms with E-state index in [-0.39, 0.29) is 5.91 Å². The molecule has 1 aliphatic heterocycles. The van der Waals surface area contributed by atoms with E-state index < -0.39 is 0 Å². The summed E-state index contributed by atoms with van der Waals surface area (Å²) < 4.78 is 27.6. The van der Waals surface area contributed by atoms with E-state index in [0.717, 1.165) is 5.56 Å². The first-order valence-corrected chi connectivity index (χ1v) is 13.9. The first-order chi connectivity index (χ1) is 20.7. The molecule has 1 fully saturated rings. The number of ether oxygens (including phenoxy) is 5. The zero-order chi connectivity index (χ0) is 29.4. The normalized spacial score (nSPS) is 13.0. The summed E-state index contributed by atoms with van der Waals surface area (Å²) in [6.07, 6.45) is 0. The second kappa shape index (κ2) is 16.9. The van der Waals surface area contributed by atoms with E-state index in [0.29, 0.717) is 107 Å². The third kappa shape index (κ3) is 9.43. The standard InChI is InChI=1S/C29H39N7O6/c1-38-24-10-6-9-23(25(24)39-2)21-32-28-33-27(34-29(35-28)36-13-17-42-18-14-36)31-12-16-41-20-19-40-15-11-30-26(37)22-7-4-3-5-8-22/h3-10H,11-21H2,1-2H3,(H,30,37)(H2,31,32,33,34,35). The average molecular weight is 582 g/mol. The highest BCUT2D eigenvalue weighted by Crippen LogP contribution is 2.31. The Morgan fingerprint density at radius 3 is 2.26 bits per heavy atom. The van der Waals surface area contributed by atoms with Crippen molar-refractivity contribution in [3.63, 3.8) is 0 Å². The molecule has 4 rings (SSSR count). The van der Waals surface area contributed by atoms with Gasteiger partial charge in [0.1, 0.15) is 0 Å².